The van der Waals surface area contributed by atoms with Crippen molar-refractivity contribution in [1.29, 1.82) is 0 Å². The highest BCUT2D eigenvalue weighted by atomic mass is 16.5. The topological polar surface area (TPSA) is 108 Å². The summed E-state index contributed by atoms with van der Waals surface area (Å²) in [7, 11) is 1.56. The lowest BCUT2D eigenvalue weighted by Crippen LogP contribution is -2.54. The van der Waals surface area contributed by atoms with Crippen molar-refractivity contribution in [2.45, 2.75) is 38.8 Å². The Morgan fingerprint density at radius 3 is 2.27 bits per heavy atom. The van der Waals surface area contributed by atoms with Gasteiger partial charge in [0.2, 0.25) is 5.91 Å². The average molecular weight is 454 g/mol. The van der Waals surface area contributed by atoms with Crippen molar-refractivity contribution < 1.29 is 24.2 Å². The number of nitrogens with zero attached hydrogens (tertiary/aromatic N) is 1. The molecule has 8 heteroatoms. The zero-order chi connectivity index (χ0) is 24.0. The molecule has 1 aliphatic heterocycles. The third kappa shape index (κ3) is 6.25. The summed E-state index contributed by atoms with van der Waals surface area (Å²) < 4.78 is 5.11. The first-order valence-corrected chi connectivity index (χ1v) is 11.1. The zero-order valence-corrected chi connectivity index (χ0v) is 19.2. The molecule has 1 aliphatic rings. The van der Waals surface area contributed by atoms with Gasteiger partial charge in [0.1, 0.15) is 17.5 Å². The van der Waals surface area contributed by atoms with Gasteiger partial charge in [0.15, 0.2) is 0 Å². The predicted molar refractivity (Wildman–Crippen MR) is 124 cm³/mol. The number of phenols is 1. The standard InChI is InChI=1S/C25H31N3O5/c1-16(2)22(27-23(30)17-7-9-21(33-3)10-8-17)24(31)26-19-11-13-28(14-12-19)25(32)18-5-4-6-20(29)15-18/h4-10,15-16,19,22,29H,11-14H2,1-3H3,(H,26,31)(H,27,30)/t22-/m0/s1. The van der Waals surface area contributed by atoms with Crippen LogP contribution in [0.3, 0.4) is 0 Å². The van der Waals surface area contributed by atoms with Gasteiger partial charge < -0.3 is 25.4 Å². The molecule has 0 aromatic heterocycles. The summed E-state index contributed by atoms with van der Waals surface area (Å²) in [6, 6.07) is 12.3. The second kappa shape index (κ2) is 10.8. The molecule has 1 heterocycles. The summed E-state index contributed by atoms with van der Waals surface area (Å²) >= 11 is 0. The highest BCUT2D eigenvalue weighted by Gasteiger charge is 2.29. The molecule has 1 fully saturated rings. The quantitative estimate of drug-likeness (QED) is 0.597. The summed E-state index contributed by atoms with van der Waals surface area (Å²) in [6.45, 7) is 4.78. The fraction of sp³-hybridized carbons (Fsp3) is 0.400. The molecule has 8 nitrogen and oxygen atoms in total. The molecule has 0 radical (unpaired) electrons. The van der Waals surface area contributed by atoms with Crippen LogP contribution in [0, 0.1) is 5.92 Å². The molecule has 0 spiro atoms. The van der Waals surface area contributed by atoms with E-state index in [2.05, 4.69) is 10.6 Å². The Morgan fingerprint density at radius 2 is 1.70 bits per heavy atom. The van der Waals surface area contributed by atoms with Gasteiger partial charge in [-0.3, -0.25) is 14.4 Å². The maximum Gasteiger partial charge on any atom is 0.253 e. The Bertz CT molecular complexity index is 982. The van der Waals surface area contributed by atoms with Gasteiger partial charge in [-0.15, -0.1) is 0 Å². The van der Waals surface area contributed by atoms with E-state index in [0.717, 1.165) is 0 Å². The highest BCUT2D eigenvalue weighted by molar-refractivity contribution is 5.98. The SMILES string of the molecule is COc1ccc(C(=O)N[C@H](C(=O)NC2CCN(C(=O)c3cccc(O)c3)CC2)C(C)C)cc1. The van der Waals surface area contributed by atoms with Crippen molar-refractivity contribution in [1.82, 2.24) is 15.5 Å². The van der Waals surface area contributed by atoms with E-state index in [-0.39, 0.29) is 35.4 Å². The van der Waals surface area contributed by atoms with Gasteiger partial charge in [-0.1, -0.05) is 19.9 Å². The van der Waals surface area contributed by atoms with Crippen LogP contribution in [0.4, 0.5) is 0 Å². The van der Waals surface area contributed by atoms with Gasteiger partial charge in [-0.2, -0.15) is 0 Å². The number of aromatic hydroxyl groups is 1. The first-order chi connectivity index (χ1) is 15.8. The molecule has 2 aromatic rings. The van der Waals surface area contributed by atoms with Crippen LogP contribution in [0.15, 0.2) is 48.5 Å². The number of ether oxygens (including phenoxy) is 1. The lowest BCUT2D eigenvalue weighted by atomic mass is 9.99. The van der Waals surface area contributed by atoms with E-state index in [4.69, 9.17) is 4.74 Å². The Morgan fingerprint density at radius 1 is 1.03 bits per heavy atom. The average Bonchev–Trinajstić information content (AvgIpc) is 2.82. The van der Waals surface area contributed by atoms with Crippen LogP contribution in [0.2, 0.25) is 0 Å². The van der Waals surface area contributed by atoms with E-state index in [0.29, 0.717) is 42.8 Å². The molecular weight excluding hydrogens is 422 g/mol. The number of hydrogen-bond donors (Lipinski definition) is 3. The lowest BCUT2D eigenvalue weighted by Gasteiger charge is -2.33. The van der Waals surface area contributed by atoms with E-state index in [1.54, 1.807) is 48.4 Å². The van der Waals surface area contributed by atoms with E-state index in [9.17, 15) is 19.5 Å². The van der Waals surface area contributed by atoms with E-state index in [1.807, 2.05) is 13.8 Å². The molecule has 0 bridgehead atoms. The summed E-state index contributed by atoms with van der Waals surface area (Å²) in [6.07, 6.45) is 1.24. The number of carbonyl (C=O) groups is 3. The molecule has 176 valence electrons. The maximum absolute atomic E-state index is 12.9. The summed E-state index contributed by atoms with van der Waals surface area (Å²) in [5.41, 5.74) is 0.895. The largest absolute Gasteiger partial charge is 0.508 e. The van der Waals surface area contributed by atoms with Gasteiger partial charge >= 0.3 is 0 Å². The number of benzene rings is 2. The van der Waals surface area contributed by atoms with Gasteiger partial charge in [0, 0.05) is 30.3 Å². The number of piperidine rings is 1. The van der Waals surface area contributed by atoms with Crippen molar-refractivity contribution in [3.63, 3.8) is 0 Å². The first kappa shape index (κ1) is 24.1. The van der Waals surface area contributed by atoms with Crippen LogP contribution in [0.1, 0.15) is 47.4 Å². The normalized spacial score (nSPS) is 15.1. The maximum atomic E-state index is 12.9. The van der Waals surface area contributed by atoms with Gasteiger partial charge in [0.05, 0.1) is 7.11 Å². The van der Waals surface area contributed by atoms with Crippen molar-refractivity contribution >= 4 is 17.7 Å². The molecule has 0 saturated carbocycles. The van der Waals surface area contributed by atoms with Crippen LogP contribution >= 0.6 is 0 Å². The Hall–Kier alpha value is -3.55. The molecule has 0 unspecified atom stereocenters. The molecule has 3 amide bonds. The molecule has 0 aliphatic carbocycles. The minimum absolute atomic E-state index is 0.0550. The van der Waals surface area contributed by atoms with Crippen LogP contribution in [-0.2, 0) is 4.79 Å². The van der Waals surface area contributed by atoms with Crippen LogP contribution < -0.4 is 15.4 Å². The second-order valence-electron chi connectivity index (χ2n) is 8.55. The minimum Gasteiger partial charge on any atom is -0.508 e. The predicted octanol–water partition coefficient (Wildman–Crippen LogP) is 2.58. The summed E-state index contributed by atoms with van der Waals surface area (Å²) in [5.74, 6) is -0.0808. The minimum atomic E-state index is -0.674. The second-order valence-corrected chi connectivity index (χ2v) is 8.55. The van der Waals surface area contributed by atoms with E-state index < -0.39 is 6.04 Å². The number of rotatable bonds is 7. The lowest BCUT2D eigenvalue weighted by molar-refractivity contribution is -0.124. The Balaban J connectivity index is 1.54. The number of carbonyl (C=O) groups excluding carboxylic acids is 3. The van der Waals surface area contributed by atoms with Crippen molar-refractivity contribution in [3.05, 3.63) is 59.7 Å². The number of amides is 3. The summed E-state index contributed by atoms with van der Waals surface area (Å²) in [4.78, 5) is 40.0. The van der Waals surface area contributed by atoms with E-state index >= 15 is 0 Å². The number of methoxy groups -OCH3 is 1. The molecule has 3 N–H and O–H groups in total. The number of phenolic OH excluding ortho intramolecular Hbond substituents is 1. The van der Waals surface area contributed by atoms with Crippen molar-refractivity contribution in [2.24, 2.45) is 5.92 Å². The zero-order valence-electron chi connectivity index (χ0n) is 19.2. The van der Waals surface area contributed by atoms with Crippen molar-refractivity contribution in [2.75, 3.05) is 20.2 Å². The molecule has 2 aromatic carbocycles. The van der Waals surface area contributed by atoms with Gasteiger partial charge in [-0.05, 0) is 61.2 Å². The number of hydrogen-bond acceptors (Lipinski definition) is 5. The molecule has 1 saturated heterocycles. The first-order valence-electron chi connectivity index (χ1n) is 11.1. The number of likely N-dealkylation sites (tertiary alicyclic amines) is 1. The number of nitrogens with one attached hydrogen (secondary N) is 2. The van der Waals surface area contributed by atoms with Crippen LogP contribution in [0.5, 0.6) is 11.5 Å². The monoisotopic (exact) mass is 453 g/mol. The highest BCUT2D eigenvalue weighted by Crippen LogP contribution is 2.18. The molecule has 33 heavy (non-hydrogen) atoms. The Kier molecular flexibility index (Phi) is 7.92. The van der Waals surface area contributed by atoms with E-state index in [1.165, 1.54) is 12.1 Å². The molecule has 1 atom stereocenters. The van der Waals surface area contributed by atoms with Crippen LogP contribution in [-0.4, -0.2) is 60.0 Å². The molecular formula is C25H31N3O5. The third-order valence-corrected chi connectivity index (χ3v) is 5.81. The summed E-state index contributed by atoms with van der Waals surface area (Å²) in [5, 5.41) is 15.5. The Labute approximate surface area is 193 Å². The smallest absolute Gasteiger partial charge is 0.253 e. The fourth-order valence-corrected chi connectivity index (χ4v) is 3.84. The van der Waals surface area contributed by atoms with Crippen molar-refractivity contribution in [3.8, 4) is 11.5 Å². The third-order valence-electron chi connectivity index (χ3n) is 5.81. The fourth-order valence-electron chi connectivity index (χ4n) is 3.84. The molecule has 3 rings (SSSR count). The van der Waals surface area contributed by atoms with Crippen LogP contribution in [0.25, 0.3) is 0 Å². The van der Waals surface area contributed by atoms with Gasteiger partial charge in [0.25, 0.3) is 11.8 Å². The van der Waals surface area contributed by atoms with Gasteiger partial charge in [-0.25, -0.2) is 0 Å².